The van der Waals surface area contributed by atoms with Crippen LogP contribution in [0.25, 0.3) is 0 Å². The first-order valence-corrected chi connectivity index (χ1v) is 11.7. The van der Waals surface area contributed by atoms with Gasteiger partial charge in [0.15, 0.2) is 11.6 Å². The Kier molecular flexibility index (Phi) is 7.74. The lowest BCUT2D eigenvalue weighted by Crippen LogP contribution is -2.24. The molecule has 1 N–H and O–H groups in total. The Bertz CT molecular complexity index is 1380. The molecule has 0 bridgehead atoms. The van der Waals surface area contributed by atoms with Crippen LogP contribution in [0.1, 0.15) is 32.1 Å². The van der Waals surface area contributed by atoms with Gasteiger partial charge in [-0.05, 0) is 29.1 Å². The minimum Gasteiger partial charge on any atom is -0.494 e. The summed E-state index contributed by atoms with van der Waals surface area (Å²) in [6.45, 7) is 1.11. The van der Waals surface area contributed by atoms with Crippen molar-refractivity contribution in [3.63, 3.8) is 0 Å². The van der Waals surface area contributed by atoms with Gasteiger partial charge in [0, 0.05) is 42.6 Å². The van der Waals surface area contributed by atoms with E-state index in [1.54, 1.807) is 51.2 Å². The molecular formula is C25H25FN4O4S. The molecule has 0 unspecified atom stereocenters. The Morgan fingerprint density at radius 2 is 2.03 bits per heavy atom. The van der Waals surface area contributed by atoms with Gasteiger partial charge in [-0.15, -0.1) is 11.3 Å². The number of halogens is 1. The van der Waals surface area contributed by atoms with Crippen molar-refractivity contribution < 1.29 is 18.7 Å². The molecule has 0 spiro atoms. The summed E-state index contributed by atoms with van der Waals surface area (Å²) < 4.78 is 27.9. The van der Waals surface area contributed by atoms with Crippen LogP contribution in [0.4, 0.5) is 4.39 Å². The summed E-state index contributed by atoms with van der Waals surface area (Å²) in [4.78, 5) is 25.9. The van der Waals surface area contributed by atoms with Crippen molar-refractivity contribution in [2.24, 2.45) is 0 Å². The van der Waals surface area contributed by atoms with Crippen molar-refractivity contribution in [3.8, 4) is 5.75 Å². The number of amides is 1. The number of nitrogens with zero attached hydrogens (tertiary/aromatic N) is 3. The van der Waals surface area contributed by atoms with Gasteiger partial charge in [-0.3, -0.25) is 14.3 Å². The number of aromatic nitrogens is 3. The van der Waals surface area contributed by atoms with Crippen LogP contribution in [-0.4, -0.2) is 34.5 Å². The molecule has 1 amide bonds. The third-order valence-corrected chi connectivity index (χ3v) is 6.31. The summed E-state index contributed by atoms with van der Waals surface area (Å²) in [5, 5.41) is 9.26. The summed E-state index contributed by atoms with van der Waals surface area (Å²) >= 11 is 1.56. The fourth-order valence-electron chi connectivity index (χ4n) is 3.63. The number of nitrogens with one attached hydrogen (secondary N) is 1. The zero-order valence-corrected chi connectivity index (χ0v) is 20.2. The van der Waals surface area contributed by atoms with Crippen molar-refractivity contribution in [1.29, 1.82) is 0 Å². The van der Waals surface area contributed by atoms with Crippen LogP contribution in [0.2, 0.25) is 0 Å². The predicted octanol–water partition coefficient (Wildman–Crippen LogP) is 3.43. The quantitative estimate of drug-likeness (QED) is 0.364. The van der Waals surface area contributed by atoms with Gasteiger partial charge in [0.1, 0.15) is 5.69 Å². The standard InChI is InChI=1S/C25H25FN4O4S/c1-33-15-21-20(25(32)27-11-18-6-5-7-22(34-2)24(18)26)14-30(28-21)12-17-10-19(35-16-17)13-29-9-4-3-8-23(29)31/h3-10,14,16H,11-13,15H2,1-2H3,(H,27,32). The van der Waals surface area contributed by atoms with Gasteiger partial charge in [0.25, 0.3) is 11.5 Å². The van der Waals surface area contributed by atoms with Crippen LogP contribution in [0.15, 0.2) is 65.0 Å². The molecule has 0 saturated heterocycles. The van der Waals surface area contributed by atoms with Gasteiger partial charge >= 0.3 is 0 Å². The third-order valence-electron chi connectivity index (χ3n) is 5.34. The molecular weight excluding hydrogens is 471 g/mol. The van der Waals surface area contributed by atoms with E-state index < -0.39 is 5.82 Å². The SMILES string of the molecule is COCc1nn(Cc2csc(Cn3ccccc3=O)c2)cc1C(=O)NCc1cccc(OC)c1F. The Labute approximate surface area is 205 Å². The van der Waals surface area contributed by atoms with Gasteiger partial charge in [0.2, 0.25) is 0 Å². The number of benzene rings is 1. The minimum atomic E-state index is -0.505. The Morgan fingerprint density at radius 3 is 2.80 bits per heavy atom. The fraction of sp³-hybridized carbons (Fsp3) is 0.240. The highest BCUT2D eigenvalue weighted by molar-refractivity contribution is 7.10. The van der Waals surface area contributed by atoms with E-state index in [9.17, 15) is 14.0 Å². The maximum Gasteiger partial charge on any atom is 0.255 e. The topological polar surface area (TPSA) is 87.4 Å². The number of methoxy groups -OCH3 is 2. The van der Waals surface area contributed by atoms with Crippen LogP contribution in [0.3, 0.4) is 0 Å². The number of ether oxygens (including phenoxy) is 2. The summed E-state index contributed by atoms with van der Waals surface area (Å²) in [5.41, 5.74) is 2.12. The van der Waals surface area contributed by atoms with E-state index in [1.807, 2.05) is 17.5 Å². The molecule has 10 heteroatoms. The summed E-state index contributed by atoms with van der Waals surface area (Å²) in [7, 11) is 2.92. The van der Waals surface area contributed by atoms with Crippen LogP contribution in [-0.2, 0) is 31.0 Å². The first kappa shape index (κ1) is 24.4. The fourth-order valence-corrected chi connectivity index (χ4v) is 4.51. The van der Waals surface area contributed by atoms with E-state index in [4.69, 9.17) is 9.47 Å². The zero-order valence-electron chi connectivity index (χ0n) is 19.4. The molecule has 0 aliphatic heterocycles. The number of carbonyl (C=O) groups is 1. The highest BCUT2D eigenvalue weighted by Crippen LogP contribution is 2.20. The Balaban J connectivity index is 1.46. The zero-order chi connectivity index (χ0) is 24.8. The number of thiophene rings is 1. The second-order valence-electron chi connectivity index (χ2n) is 7.82. The lowest BCUT2D eigenvalue weighted by Gasteiger charge is -2.09. The van der Waals surface area contributed by atoms with Crippen molar-refractivity contribution in [3.05, 3.63) is 104 Å². The first-order chi connectivity index (χ1) is 17.0. The maximum atomic E-state index is 14.4. The molecule has 0 aliphatic rings. The molecule has 1 aromatic carbocycles. The smallest absolute Gasteiger partial charge is 0.255 e. The van der Waals surface area contributed by atoms with E-state index in [0.717, 1.165) is 10.4 Å². The van der Waals surface area contributed by atoms with E-state index >= 15 is 0 Å². The average molecular weight is 497 g/mol. The first-order valence-electron chi connectivity index (χ1n) is 10.8. The second kappa shape index (κ2) is 11.1. The molecule has 0 aliphatic carbocycles. The molecule has 0 saturated carbocycles. The average Bonchev–Trinajstić information content (AvgIpc) is 3.46. The second-order valence-corrected chi connectivity index (χ2v) is 8.82. The number of pyridine rings is 1. The van der Waals surface area contributed by atoms with Gasteiger partial charge < -0.3 is 19.4 Å². The molecule has 182 valence electrons. The van der Waals surface area contributed by atoms with Crippen molar-refractivity contribution in [2.75, 3.05) is 14.2 Å². The van der Waals surface area contributed by atoms with E-state index in [2.05, 4.69) is 10.4 Å². The van der Waals surface area contributed by atoms with Gasteiger partial charge in [0.05, 0.1) is 32.4 Å². The lowest BCUT2D eigenvalue weighted by atomic mass is 10.2. The van der Waals surface area contributed by atoms with E-state index in [1.165, 1.54) is 26.4 Å². The molecule has 4 rings (SSSR count). The largest absolute Gasteiger partial charge is 0.494 e. The maximum absolute atomic E-state index is 14.4. The highest BCUT2D eigenvalue weighted by Gasteiger charge is 2.18. The number of hydrogen-bond donors (Lipinski definition) is 1. The van der Waals surface area contributed by atoms with Crippen molar-refractivity contribution in [2.45, 2.75) is 26.2 Å². The number of rotatable bonds is 10. The number of carbonyl (C=O) groups excluding carboxylic acids is 1. The van der Waals surface area contributed by atoms with Crippen LogP contribution in [0, 0.1) is 5.82 Å². The molecule has 4 aromatic rings. The molecule has 35 heavy (non-hydrogen) atoms. The van der Waals surface area contributed by atoms with Crippen LogP contribution in [0.5, 0.6) is 5.75 Å². The van der Waals surface area contributed by atoms with Crippen molar-refractivity contribution >= 4 is 17.2 Å². The normalized spacial score (nSPS) is 10.9. The Hall–Kier alpha value is -3.76. The molecule has 8 nitrogen and oxygen atoms in total. The molecule has 3 heterocycles. The van der Waals surface area contributed by atoms with E-state index in [0.29, 0.717) is 29.9 Å². The molecule has 3 aromatic heterocycles. The summed E-state index contributed by atoms with van der Waals surface area (Å²) in [6.07, 6.45) is 3.42. The molecule has 0 fully saturated rings. The van der Waals surface area contributed by atoms with Crippen LogP contribution >= 0.6 is 11.3 Å². The molecule has 0 atom stereocenters. The van der Waals surface area contributed by atoms with E-state index in [-0.39, 0.29) is 30.4 Å². The summed E-state index contributed by atoms with van der Waals surface area (Å²) in [6, 6.07) is 11.9. The van der Waals surface area contributed by atoms with Gasteiger partial charge in [-0.1, -0.05) is 18.2 Å². The van der Waals surface area contributed by atoms with Gasteiger partial charge in [-0.2, -0.15) is 5.10 Å². The number of hydrogen-bond acceptors (Lipinski definition) is 6. The van der Waals surface area contributed by atoms with Crippen LogP contribution < -0.4 is 15.6 Å². The highest BCUT2D eigenvalue weighted by atomic mass is 32.1. The lowest BCUT2D eigenvalue weighted by molar-refractivity contribution is 0.0945. The summed E-state index contributed by atoms with van der Waals surface area (Å²) in [5.74, 6) is -0.758. The van der Waals surface area contributed by atoms with Crippen molar-refractivity contribution in [1.82, 2.24) is 19.7 Å². The monoisotopic (exact) mass is 496 g/mol. The van der Waals surface area contributed by atoms with Gasteiger partial charge in [-0.25, -0.2) is 4.39 Å². The minimum absolute atomic E-state index is 0.00617. The molecule has 0 radical (unpaired) electrons. The predicted molar refractivity (Wildman–Crippen MR) is 130 cm³/mol. The Morgan fingerprint density at radius 1 is 1.17 bits per heavy atom. The third kappa shape index (κ3) is 5.84.